The van der Waals surface area contributed by atoms with Gasteiger partial charge in [-0.15, -0.1) is 24.0 Å². The van der Waals surface area contributed by atoms with Crippen LogP contribution >= 0.6 is 24.0 Å². The second-order valence-corrected chi connectivity index (χ2v) is 5.60. The summed E-state index contributed by atoms with van der Waals surface area (Å²) in [6, 6.07) is 10.1. The number of aliphatic imine (C=N–C) groups is 1. The molecule has 0 atom stereocenters. The van der Waals surface area contributed by atoms with Gasteiger partial charge >= 0.3 is 0 Å². The SMILES string of the molecule is CCNC(=NCC(=O)NC1CC1)N(C)CCOc1ccccc1.I. The molecule has 1 amide bonds. The molecule has 1 aliphatic rings. The lowest BCUT2D eigenvalue weighted by Crippen LogP contribution is -2.41. The predicted molar refractivity (Wildman–Crippen MR) is 107 cm³/mol. The van der Waals surface area contributed by atoms with E-state index in [1.54, 1.807) is 0 Å². The molecule has 0 radical (unpaired) electrons. The monoisotopic (exact) mass is 446 g/mol. The number of ether oxygens (including phenoxy) is 1. The minimum atomic E-state index is -0.0168. The van der Waals surface area contributed by atoms with Crippen molar-refractivity contribution in [3.8, 4) is 5.75 Å². The summed E-state index contributed by atoms with van der Waals surface area (Å²) in [6.07, 6.45) is 2.18. The van der Waals surface area contributed by atoms with Gasteiger partial charge in [-0.2, -0.15) is 0 Å². The quantitative estimate of drug-likeness (QED) is 0.364. The third kappa shape index (κ3) is 7.85. The van der Waals surface area contributed by atoms with Crippen LogP contribution in [0.4, 0.5) is 0 Å². The highest BCUT2D eigenvalue weighted by Crippen LogP contribution is 2.18. The Balaban J connectivity index is 0.00000288. The molecular weight excluding hydrogens is 419 g/mol. The molecule has 0 aromatic heterocycles. The third-order valence-corrected chi connectivity index (χ3v) is 3.45. The van der Waals surface area contributed by atoms with Crippen LogP contribution in [0.1, 0.15) is 19.8 Å². The van der Waals surface area contributed by atoms with Crippen molar-refractivity contribution >= 4 is 35.8 Å². The summed E-state index contributed by atoms with van der Waals surface area (Å²) in [6.45, 7) is 4.16. The Morgan fingerprint density at radius 1 is 1.33 bits per heavy atom. The van der Waals surface area contributed by atoms with E-state index in [4.69, 9.17) is 4.74 Å². The first-order chi connectivity index (χ1) is 11.2. The van der Waals surface area contributed by atoms with Gasteiger partial charge < -0.3 is 20.3 Å². The van der Waals surface area contributed by atoms with Crippen LogP contribution in [-0.2, 0) is 4.79 Å². The lowest BCUT2D eigenvalue weighted by Gasteiger charge is -2.22. The summed E-state index contributed by atoms with van der Waals surface area (Å²) >= 11 is 0. The van der Waals surface area contributed by atoms with Gasteiger partial charge in [0, 0.05) is 19.6 Å². The molecule has 1 saturated carbocycles. The maximum Gasteiger partial charge on any atom is 0.242 e. The molecule has 1 fully saturated rings. The molecule has 0 saturated heterocycles. The fourth-order valence-electron chi connectivity index (χ4n) is 2.04. The van der Waals surface area contributed by atoms with Crippen LogP contribution in [-0.4, -0.2) is 56.1 Å². The molecular formula is C17H27IN4O2. The zero-order valence-corrected chi connectivity index (χ0v) is 16.7. The van der Waals surface area contributed by atoms with E-state index < -0.39 is 0 Å². The van der Waals surface area contributed by atoms with Crippen molar-refractivity contribution < 1.29 is 9.53 Å². The number of carbonyl (C=O) groups excluding carboxylic acids is 1. The second-order valence-electron chi connectivity index (χ2n) is 5.60. The largest absolute Gasteiger partial charge is 0.492 e. The topological polar surface area (TPSA) is 66.0 Å². The number of amides is 1. The van der Waals surface area contributed by atoms with E-state index in [0.29, 0.717) is 19.2 Å². The standard InChI is InChI=1S/C17H26N4O2.HI/c1-3-18-17(19-13-16(22)20-14-9-10-14)21(2)11-12-23-15-7-5-4-6-8-15;/h4-8,14H,3,9-13H2,1-2H3,(H,18,19)(H,20,22);1H. The van der Waals surface area contributed by atoms with Crippen LogP contribution in [0.25, 0.3) is 0 Å². The Bertz CT molecular complexity index is 521. The highest BCUT2D eigenvalue weighted by Gasteiger charge is 2.22. The number of benzene rings is 1. The van der Waals surface area contributed by atoms with Gasteiger partial charge in [0.2, 0.25) is 5.91 Å². The number of hydrogen-bond donors (Lipinski definition) is 2. The van der Waals surface area contributed by atoms with Gasteiger partial charge in [-0.3, -0.25) is 4.79 Å². The van der Waals surface area contributed by atoms with Gasteiger partial charge in [0.15, 0.2) is 5.96 Å². The van der Waals surface area contributed by atoms with Crippen LogP contribution < -0.4 is 15.4 Å². The predicted octanol–water partition coefficient (Wildman–Crippen LogP) is 1.86. The van der Waals surface area contributed by atoms with E-state index in [1.807, 2.05) is 49.2 Å². The van der Waals surface area contributed by atoms with Gasteiger partial charge in [-0.1, -0.05) is 18.2 Å². The van der Waals surface area contributed by atoms with Crippen LogP contribution in [0.3, 0.4) is 0 Å². The zero-order chi connectivity index (χ0) is 16.5. The zero-order valence-electron chi connectivity index (χ0n) is 14.3. The van der Waals surface area contributed by atoms with Crippen molar-refractivity contribution in [1.29, 1.82) is 0 Å². The summed E-state index contributed by atoms with van der Waals surface area (Å²) in [5.74, 6) is 1.55. The lowest BCUT2D eigenvalue weighted by atomic mass is 10.3. The van der Waals surface area contributed by atoms with Crippen LogP contribution in [0.5, 0.6) is 5.75 Å². The molecule has 0 bridgehead atoms. The van der Waals surface area contributed by atoms with Gasteiger partial charge in [0.25, 0.3) is 0 Å². The van der Waals surface area contributed by atoms with E-state index in [0.717, 1.165) is 31.1 Å². The van der Waals surface area contributed by atoms with Crippen molar-refractivity contribution in [3.63, 3.8) is 0 Å². The summed E-state index contributed by atoms with van der Waals surface area (Å²) in [7, 11) is 1.94. The summed E-state index contributed by atoms with van der Waals surface area (Å²) in [5.41, 5.74) is 0. The molecule has 2 N–H and O–H groups in total. The van der Waals surface area contributed by atoms with E-state index in [9.17, 15) is 4.79 Å². The Labute approximate surface area is 161 Å². The molecule has 134 valence electrons. The summed E-state index contributed by atoms with van der Waals surface area (Å²) < 4.78 is 5.69. The third-order valence-electron chi connectivity index (χ3n) is 3.45. The summed E-state index contributed by atoms with van der Waals surface area (Å²) in [5, 5.41) is 6.13. The summed E-state index contributed by atoms with van der Waals surface area (Å²) in [4.78, 5) is 18.1. The first kappa shape index (κ1) is 20.5. The molecule has 7 heteroatoms. The van der Waals surface area contributed by atoms with Gasteiger partial charge in [-0.05, 0) is 31.9 Å². The average Bonchev–Trinajstić information content (AvgIpc) is 3.36. The van der Waals surface area contributed by atoms with E-state index >= 15 is 0 Å². The molecule has 1 aromatic carbocycles. The maximum absolute atomic E-state index is 11.7. The Morgan fingerprint density at radius 2 is 2.04 bits per heavy atom. The molecule has 2 rings (SSSR count). The first-order valence-electron chi connectivity index (χ1n) is 8.15. The number of carbonyl (C=O) groups is 1. The van der Waals surface area contributed by atoms with Crippen molar-refractivity contribution in [3.05, 3.63) is 30.3 Å². The molecule has 24 heavy (non-hydrogen) atoms. The van der Waals surface area contributed by atoms with Crippen molar-refractivity contribution in [1.82, 2.24) is 15.5 Å². The number of likely N-dealkylation sites (N-methyl/N-ethyl adjacent to an activating group) is 1. The van der Waals surface area contributed by atoms with Crippen LogP contribution in [0.15, 0.2) is 35.3 Å². The van der Waals surface area contributed by atoms with Crippen molar-refractivity contribution in [2.75, 3.05) is 33.3 Å². The molecule has 0 heterocycles. The normalized spacial score (nSPS) is 13.7. The highest BCUT2D eigenvalue weighted by molar-refractivity contribution is 14.0. The minimum absolute atomic E-state index is 0. The number of nitrogens with zero attached hydrogens (tertiary/aromatic N) is 2. The van der Waals surface area contributed by atoms with Gasteiger partial charge in [-0.25, -0.2) is 4.99 Å². The van der Waals surface area contributed by atoms with Gasteiger partial charge in [0.05, 0.1) is 6.54 Å². The molecule has 0 unspecified atom stereocenters. The lowest BCUT2D eigenvalue weighted by molar-refractivity contribution is -0.119. The number of rotatable bonds is 8. The molecule has 1 aromatic rings. The van der Waals surface area contributed by atoms with E-state index in [-0.39, 0.29) is 36.4 Å². The fourth-order valence-corrected chi connectivity index (χ4v) is 2.04. The van der Waals surface area contributed by atoms with Gasteiger partial charge in [0.1, 0.15) is 18.9 Å². The van der Waals surface area contributed by atoms with Crippen molar-refractivity contribution in [2.24, 2.45) is 4.99 Å². The van der Waals surface area contributed by atoms with E-state index in [1.165, 1.54) is 0 Å². The number of nitrogens with one attached hydrogen (secondary N) is 2. The average molecular weight is 446 g/mol. The molecule has 0 aliphatic heterocycles. The molecule has 1 aliphatic carbocycles. The smallest absolute Gasteiger partial charge is 0.242 e. The number of guanidine groups is 1. The minimum Gasteiger partial charge on any atom is -0.492 e. The number of halogens is 1. The van der Waals surface area contributed by atoms with Crippen molar-refractivity contribution in [2.45, 2.75) is 25.8 Å². The fraction of sp³-hybridized carbons (Fsp3) is 0.529. The first-order valence-corrected chi connectivity index (χ1v) is 8.15. The maximum atomic E-state index is 11.7. The Kier molecular flexibility index (Phi) is 9.51. The highest BCUT2D eigenvalue weighted by atomic mass is 127. The Morgan fingerprint density at radius 3 is 2.67 bits per heavy atom. The molecule has 0 spiro atoms. The molecule has 6 nitrogen and oxygen atoms in total. The van der Waals surface area contributed by atoms with E-state index in [2.05, 4.69) is 15.6 Å². The number of para-hydroxylation sites is 1. The van der Waals surface area contributed by atoms with Crippen LogP contribution in [0, 0.1) is 0 Å². The second kappa shape index (κ2) is 11.1. The Hall–Kier alpha value is -1.51. The van der Waals surface area contributed by atoms with Crippen LogP contribution in [0.2, 0.25) is 0 Å². The number of hydrogen-bond acceptors (Lipinski definition) is 3.